The Balaban J connectivity index is 1.11. The highest BCUT2D eigenvalue weighted by molar-refractivity contribution is 5.98. The van der Waals surface area contributed by atoms with Gasteiger partial charge in [0.2, 0.25) is 5.91 Å². The van der Waals surface area contributed by atoms with Crippen molar-refractivity contribution in [1.82, 2.24) is 14.7 Å². The molecule has 224 valence electrons. The van der Waals surface area contributed by atoms with Crippen molar-refractivity contribution in [2.24, 2.45) is 0 Å². The smallest absolute Gasteiger partial charge is 0.260 e. The average molecular weight is 587 g/mol. The second-order valence-electron chi connectivity index (χ2n) is 12.1. The number of para-hydroxylation sites is 2. The SMILES string of the molecule is O=C1c2ccccc2OCN1[C@H](Cc1ccccc1)CN1CCC2(CC1)C(=O)N(Cc1ccccc1)CN2c1ccccc1. The number of ether oxygens (including phenoxy) is 1. The van der Waals surface area contributed by atoms with E-state index in [-0.39, 0.29) is 24.6 Å². The Morgan fingerprint density at radius 1 is 0.727 bits per heavy atom. The Labute approximate surface area is 259 Å². The molecule has 2 amide bonds. The molecule has 44 heavy (non-hydrogen) atoms. The van der Waals surface area contributed by atoms with Crippen molar-refractivity contribution >= 4 is 17.5 Å². The van der Waals surface area contributed by atoms with Gasteiger partial charge in [0.15, 0.2) is 6.73 Å². The van der Waals surface area contributed by atoms with E-state index in [1.54, 1.807) is 0 Å². The van der Waals surface area contributed by atoms with E-state index in [2.05, 4.69) is 46.2 Å². The lowest BCUT2D eigenvalue weighted by molar-refractivity contribution is -0.134. The molecule has 7 heteroatoms. The summed E-state index contributed by atoms with van der Waals surface area (Å²) in [5, 5.41) is 0. The van der Waals surface area contributed by atoms with Crippen LogP contribution in [-0.2, 0) is 17.8 Å². The van der Waals surface area contributed by atoms with E-state index in [1.807, 2.05) is 88.7 Å². The molecule has 7 rings (SSSR count). The van der Waals surface area contributed by atoms with Gasteiger partial charge in [-0.05, 0) is 54.7 Å². The number of carbonyl (C=O) groups is 2. The van der Waals surface area contributed by atoms with E-state index in [9.17, 15) is 9.59 Å². The molecule has 0 bridgehead atoms. The van der Waals surface area contributed by atoms with Gasteiger partial charge >= 0.3 is 0 Å². The summed E-state index contributed by atoms with van der Waals surface area (Å²) in [6, 6.07) is 38.4. The van der Waals surface area contributed by atoms with Crippen molar-refractivity contribution in [2.45, 2.75) is 37.4 Å². The maximum absolute atomic E-state index is 14.2. The van der Waals surface area contributed by atoms with Gasteiger partial charge in [0.1, 0.15) is 11.3 Å². The van der Waals surface area contributed by atoms with Crippen LogP contribution >= 0.6 is 0 Å². The summed E-state index contributed by atoms with van der Waals surface area (Å²) >= 11 is 0. The van der Waals surface area contributed by atoms with Crippen molar-refractivity contribution in [3.8, 4) is 5.75 Å². The second-order valence-corrected chi connectivity index (χ2v) is 12.1. The van der Waals surface area contributed by atoms with E-state index < -0.39 is 5.54 Å². The van der Waals surface area contributed by atoms with Crippen molar-refractivity contribution in [2.75, 3.05) is 37.9 Å². The fraction of sp³-hybridized carbons (Fsp3) is 0.297. The Morgan fingerprint density at radius 2 is 1.34 bits per heavy atom. The molecule has 0 aliphatic carbocycles. The first-order chi connectivity index (χ1) is 21.6. The molecule has 2 fully saturated rings. The maximum atomic E-state index is 14.2. The van der Waals surface area contributed by atoms with Crippen LogP contribution in [0.5, 0.6) is 5.75 Å². The molecule has 0 saturated carbocycles. The van der Waals surface area contributed by atoms with Gasteiger partial charge in [-0.2, -0.15) is 0 Å². The maximum Gasteiger partial charge on any atom is 0.260 e. The van der Waals surface area contributed by atoms with Crippen LogP contribution < -0.4 is 9.64 Å². The Kier molecular flexibility index (Phi) is 7.79. The summed E-state index contributed by atoms with van der Waals surface area (Å²) in [6.45, 7) is 3.69. The Morgan fingerprint density at radius 3 is 2.05 bits per heavy atom. The minimum absolute atomic E-state index is 0.0130. The Hall–Kier alpha value is -4.62. The quantitative estimate of drug-likeness (QED) is 0.276. The highest BCUT2D eigenvalue weighted by Crippen LogP contribution is 2.40. The standard InChI is InChI=1S/C37H38N4O3/c42-35-33-18-10-11-19-34(33)44-28-40(35)32(24-29-12-4-1-5-13-29)26-38-22-20-37(21-23-38)36(43)39(25-30-14-6-2-7-15-30)27-41(37)31-16-8-3-9-17-31/h1-19,32H,20-28H2/t32-/m1/s1. The zero-order valence-electron chi connectivity index (χ0n) is 24.9. The summed E-state index contributed by atoms with van der Waals surface area (Å²) in [6.07, 6.45) is 2.20. The van der Waals surface area contributed by atoms with Crippen LogP contribution in [0.3, 0.4) is 0 Å². The first-order valence-electron chi connectivity index (χ1n) is 15.6. The lowest BCUT2D eigenvalue weighted by Gasteiger charge is -2.45. The number of amides is 2. The summed E-state index contributed by atoms with van der Waals surface area (Å²) in [5.74, 6) is 0.869. The lowest BCUT2D eigenvalue weighted by atomic mass is 9.85. The molecule has 1 spiro atoms. The third-order valence-electron chi connectivity index (χ3n) is 9.44. The molecule has 3 aliphatic heterocycles. The van der Waals surface area contributed by atoms with Gasteiger partial charge in [-0.25, -0.2) is 0 Å². The van der Waals surface area contributed by atoms with E-state index in [0.717, 1.165) is 50.1 Å². The number of likely N-dealkylation sites (tertiary alicyclic amines) is 1. The summed E-state index contributed by atoms with van der Waals surface area (Å²) in [7, 11) is 0. The fourth-order valence-electron chi connectivity index (χ4n) is 7.08. The zero-order valence-corrected chi connectivity index (χ0v) is 24.9. The number of piperidine rings is 1. The molecule has 3 aliphatic rings. The molecule has 4 aromatic carbocycles. The van der Waals surface area contributed by atoms with Crippen LogP contribution in [0.4, 0.5) is 5.69 Å². The number of anilines is 1. The van der Waals surface area contributed by atoms with Crippen LogP contribution in [0.25, 0.3) is 0 Å². The number of carbonyl (C=O) groups excluding carboxylic acids is 2. The Bertz CT molecular complexity index is 1590. The van der Waals surface area contributed by atoms with Crippen molar-refractivity contribution < 1.29 is 14.3 Å². The molecule has 3 heterocycles. The number of benzene rings is 4. The average Bonchev–Trinajstić information content (AvgIpc) is 3.33. The minimum atomic E-state index is -0.579. The van der Waals surface area contributed by atoms with Gasteiger partial charge in [0.25, 0.3) is 5.91 Å². The van der Waals surface area contributed by atoms with Gasteiger partial charge in [0.05, 0.1) is 18.3 Å². The minimum Gasteiger partial charge on any atom is -0.472 e. The summed E-state index contributed by atoms with van der Waals surface area (Å²) < 4.78 is 6.06. The number of nitrogens with zero attached hydrogens (tertiary/aromatic N) is 4. The van der Waals surface area contributed by atoms with E-state index in [0.29, 0.717) is 24.5 Å². The molecular formula is C37H38N4O3. The third-order valence-corrected chi connectivity index (χ3v) is 9.44. The highest BCUT2D eigenvalue weighted by atomic mass is 16.5. The predicted octanol–water partition coefficient (Wildman–Crippen LogP) is 5.43. The summed E-state index contributed by atoms with van der Waals surface area (Å²) in [5.41, 5.74) is 3.45. The zero-order chi connectivity index (χ0) is 29.9. The fourth-order valence-corrected chi connectivity index (χ4v) is 7.08. The number of hydrogen-bond acceptors (Lipinski definition) is 5. The molecule has 0 aromatic heterocycles. The molecule has 0 radical (unpaired) electrons. The van der Waals surface area contributed by atoms with Crippen LogP contribution in [0, 0.1) is 0 Å². The highest BCUT2D eigenvalue weighted by Gasteiger charge is 2.53. The van der Waals surface area contributed by atoms with E-state index in [4.69, 9.17) is 4.74 Å². The van der Waals surface area contributed by atoms with Crippen molar-refractivity contribution in [3.63, 3.8) is 0 Å². The molecule has 1 atom stereocenters. The van der Waals surface area contributed by atoms with Crippen molar-refractivity contribution in [1.29, 1.82) is 0 Å². The van der Waals surface area contributed by atoms with E-state index >= 15 is 0 Å². The first kappa shape index (κ1) is 28.2. The molecule has 2 saturated heterocycles. The van der Waals surface area contributed by atoms with Crippen LogP contribution in [-0.4, -0.2) is 71.1 Å². The number of hydrogen-bond donors (Lipinski definition) is 0. The number of fused-ring (bicyclic) bond motifs is 1. The normalized spacial score (nSPS) is 18.8. The predicted molar refractivity (Wildman–Crippen MR) is 171 cm³/mol. The second kappa shape index (κ2) is 12.2. The van der Waals surface area contributed by atoms with Crippen LogP contribution in [0.2, 0.25) is 0 Å². The first-order valence-corrected chi connectivity index (χ1v) is 15.6. The monoisotopic (exact) mass is 586 g/mol. The molecule has 0 N–H and O–H groups in total. The van der Waals surface area contributed by atoms with Gasteiger partial charge in [0, 0.05) is 31.9 Å². The van der Waals surface area contributed by atoms with Crippen molar-refractivity contribution in [3.05, 3.63) is 132 Å². The molecule has 0 unspecified atom stereocenters. The van der Waals surface area contributed by atoms with Gasteiger partial charge < -0.3 is 24.3 Å². The van der Waals surface area contributed by atoms with Gasteiger partial charge in [-0.1, -0.05) is 91.0 Å². The van der Waals surface area contributed by atoms with E-state index in [1.165, 1.54) is 5.56 Å². The third kappa shape index (κ3) is 5.44. The molecular weight excluding hydrogens is 548 g/mol. The van der Waals surface area contributed by atoms with Gasteiger partial charge in [-0.3, -0.25) is 9.59 Å². The molecule has 4 aromatic rings. The molecule has 7 nitrogen and oxygen atoms in total. The van der Waals surface area contributed by atoms with Crippen LogP contribution in [0.15, 0.2) is 115 Å². The van der Waals surface area contributed by atoms with Crippen LogP contribution in [0.1, 0.15) is 34.3 Å². The number of rotatable bonds is 8. The lowest BCUT2D eigenvalue weighted by Crippen LogP contribution is -2.58. The van der Waals surface area contributed by atoms with Gasteiger partial charge in [-0.15, -0.1) is 0 Å². The summed E-state index contributed by atoms with van der Waals surface area (Å²) in [4.78, 5) is 36.6. The largest absolute Gasteiger partial charge is 0.472 e. The topological polar surface area (TPSA) is 56.3 Å².